The Morgan fingerprint density at radius 3 is 2.52 bits per heavy atom. The van der Waals surface area contributed by atoms with Gasteiger partial charge in [-0.2, -0.15) is 5.10 Å². The van der Waals surface area contributed by atoms with Crippen molar-refractivity contribution in [2.45, 2.75) is 26.8 Å². The van der Waals surface area contributed by atoms with Crippen LogP contribution in [0.1, 0.15) is 24.4 Å². The third-order valence-corrected chi connectivity index (χ3v) is 3.16. The number of aromatic nitrogens is 3. The summed E-state index contributed by atoms with van der Waals surface area (Å²) in [6.45, 7) is 4.77. The number of aryl methyl sites for hydroxylation is 1. The molecule has 1 unspecified atom stereocenters. The topological polar surface area (TPSA) is 103 Å². The lowest BCUT2D eigenvalue weighted by Crippen LogP contribution is -2.25. The van der Waals surface area contributed by atoms with Crippen molar-refractivity contribution in [3.63, 3.8) is 0 Å². The van der Waals surface area contributed by atoms with Crippen molar-refractivity contribution in [3.8, 4) is 0 Å². The predicted molar refractivity (Wildman–Crippen MR) is 75.9 cm³/mol. The first-order valence-electron chi connectivity index (χ1n) is 6.32. The lowest BCUT2D eigenvalue weighted by atomic mass is 10.2. The van der Waals surface area contributed by atoms with Crippen molar-refractivity contribution >= 4 is 17.3 Å². The van der Waals surface area contributed by atoms with E-state index < -0.39 is 11.0 Å². The molecule has 0 aliphatic carbocycles. The number of anilines is 1. The van der Waals surface area contributed by atoms with Crippen LogP contribution in [-0.2, 0) is 4.79 Å². The molecule has 2 aromatic rings. The molecular formula is C13H15N5O3. The van der Waals surface area contributed by atoms with Gasteiger partial charge in [-0.25, -0.2) is 0 Å². The zero-order valence-electron chi connectivity index (χ0n) is 11.9. The van der Waals surface area contributed by atoms with Crippen molar-refractivity contribution < 1.29 is 9.72 Å². The number of nitro groups is 1. The Morgan fingerprint density at radius 2 is 2.00 bits per heavy atom. The molecule has 1 atom stereocenters. The van der Waals surface area contributed by atoms with Crippen molar-refractivity contribution in [1.82, 2.24) is 14.8 Å². The number of hydrogen-bond acceptors (Lipinski definition) is 5. The first kappa shape index (κ1) is 14.6. The Bertz CT molecular complexity index is 681. The fourth-order valence-corrected chi connectivity index (χ4v) is 2.09. The molecule has 0 saturated heterocycles. The van der Waals surface area contributed by atoms with Gasteiger partial charge in [0, 0.05) is 18.1 Å². The summed E-state index contributed by atoms with van der Waals surface area (Å²) in [5.41, 5.74) is 1.20. The number of pyridine rings is 1. The highest BCUT2D eigenvalue weighted by atomic mass is 16.6. The van der Waals surface area contributed by atoms with Gasteiger partial charge in [-0.05, 0) is 32.9 Å². The molecule has 0 saturated carbocycles. The number of nitrogens with zero attached hydrogens (tertiary/aromatic N) is 4. The highest BCUT2D eigenvalue weighted by Crippen LogP contribution is 2.25. The number of carbonyl (C=O) groups excluding carboxylic acids is 1. The summed E-state index contributed by atoms with van der Waals surface area (Å²) in [4.78, 5) is 26.6. The van der Waals surface area contributed by atoms with E-state index in [-0.39, 0.29) is 11.6 Å². The molecule has 110 valence electrons. The van der Waals surface area contributed by atoms with E-state index in [9.17, 15) is 14.9 Å². The smallest absolute Gasteiger partial charge is 0.312 e. The van der Waals surface area contributed by atoms with Crippen molar-refractivity contribution in [2.24, 2.45) is 0 Å². The molecular weight excluding hydrogens is 274 g/mol. The third kappa shape index (κ3) is 2.88. The number of nitrogens with one attached hydrogen (secondary N) is 1. The second-order valence-electron chi connectivity index (χ2n) is 4.62. The predicted octanol–water partition coefficient (Wildman–Crippen LogP) is 2.00. The van der Waals surface area contributed by atoms with Crippen LogP contribution in [0.3, 0.4) is 0 Å². The molecule has 0 aliphatic rings. The maximum absolute atomic E-state index is 12.2. The van der Waals surface area contributed by atoms with Crippen LogP contribution in [0.25, 0.3) is 0 Å². The van der Waals surface area contributed by atoms with Crippen LogP contribution in [0.2, 0.25) is 0 Å². The molecule has 1 N–H and O–H groups in total. The number of amides is 1. The largest absolute Gasteiger partial charge is 0.324 e. The van der Waals surface area contributed by atoms with Gasteiger partial charge in [0.25, 0.3) is 0 Å². The van der Waals surface area contributed by atoms with Gasteiger partial charge in [-0.1, -0.05) is 0 Å². The lowest BCUT2D eigenvalue weighted by molar-refractivity contribution is -0.386. The standard InChI is InChI=1S/C13H15N5O3/c1-8-12(18(20)21)9(2)17(16-8)10(3)13(19)15-11-4-6-14-7-5-11/h4-7,10H,1-3H3,(H,14,15,19). The van der Waals surface area contributed by atoms with Gasteiger partial charge < -0.3 is 5.32 Å². The SMILES string of the molecule is Cc1nn(C(C)C(=O)Nc2ccncc2)c(C)c1[N+](=O)[O-]. The van der Waals surface area contributed by atoms with E-state index in [4.69, 9.17) is 0 Å². The second-order valence-corrected chi connectivity index (χ2v) is 4.62. The highest BCUT2D eigenvalue weighted by Gasteiger charge is 2.26. The average molecular weight is 289 g/mol. The summed E-state index contributed by atoms with van der Waals surface area (Å²) in [5.74, 6) is -0.304. The van der Waals surface area contributed by atoms with Crippen LogP contribution >= 0.6 is 0 Å². The molecule has 0 aliphatic heterocycles. The van der Waals surface area contributed by atoms with E-state index in [1.165, 1.54) is 4.68 Å². The van der Waals surface area contributed by atoms with Crippen LogP contribution in [0, 0.1) is 24.0 Å². The summed E-state index contributed by atoms with van der Waals surface area (Å²) >= 11 is 0. The van der Waals surface area contributed by atoms with Crippen molar-refractivity contribution in [3.05, 3.63) is 46.0 Å². The van der Waals surface area contributed by atoms with Crippen LogP contribution in [0.15, 0.2) is 24.5 Å². The summed E-state index contributed by atoms with van der Waals surface area (Å²) in [6.07, 6.45) is 3.13. The molecule has 8 heteroatoms. The zero-order chi connectivity index (χ0) is 15.6. The Kier molecular flexibility index (Phi) is 3.97. The first-order valence-corrected chi connectivity index (χ1v) is 6.32. The Hall–Kier alpha value is -2.77. The van der Waals surface area contributed by atoms with Gasteiger partial charge in [0.2, 0.25) is 5.91 Å². The zero-order valence-corrected chi connectivity index (χ0v) is 11.9. The Morgan fingerprint density at radius 1 is 1.38 bits per heavy atom. The summed E-state index contributed by atoms with van der Waals surface area (Å²) < 4.78 is 1.37. The van der Waals surface area contributed by atoms with E-state index >= 15 is 0 Å². The van der Waals surface area contributed by atoms with E-state index in [1.54, 1.807) is 45.3 Å². The van der Waals surface area contributed by atoms with Gasteiger partial charge >= 0.3 is 5.69 Å². The van der Waals surface area contributed by atoms with Crippen LogP contribution in [0.5, 0.6) is 0 Å². The summed E-state index contributed by atoms with van der Waals surface area (Å²) in [5, 5.41) is 17.8. The molecule has 0 aromatic carbocycles. The minimum atomic E-state index is -0.662. The third-order valence-electron chi connectivity index (χ3n) is 3.16. The highest BCUT2D eigenvalue weighted by molar-refractivity contribution is 5.93. The number of carbonyl (C=O) groups is 1. The average Bonchev–Trinajstić information content (AvgIpc) is 2.74. The molecule has 8 nitrogen and oxygen atoms in total. The van der Waals surface area contributed by atoms with E-state index in [0.717, 1.165) is 0 Å². The molecule has 2 rings (SSSR count). The van der Waals surface area contributed by atoms with Crippen molar-refractivity contribution in [2.75, 3.05) is 5.32 Å². The molecule has 0 radical (unpaired) electrons. The number of hydrogen-bond donors (Lipinski definition) is 1. The molecule has 1 amide bonds. The Balaban J connectivity index is 2.24. The number of rotatable bonds is 4. The minimum absolute atomic E-state index is 0.0569. The fraction of sp³-hybridized carbons (Fsp3) is 0.308. The van der Waals surface area contributed by atoms with Gasteiger partial charge in [-0.15, -0.1) is 0 Å². The minimum Gasteiger partial charge on any atom is -0.324 e. The molecule has 2 heterocycles. The molecule has 0 fully saturated rings. The maximum atomic E-state index is 12.2. The monoisotopic (exact) mass is 289 g/mol. The van der Waals surface area contributed by atoms with Gasteiger partial charge in [0.05, 0.1) is 4.92 Å². The molecule has 21 heavy (non-hydrogen) atoms. The van der Waals surface area contributed by atoms with E-state index in [0.29, 0.717) is 17.1 Å². The van der Waals surface area contributed by atoms with Crippen LogP contribution < -0.4 is 5.32 Å². The molecule has 0 spiro atoms. The summed E-state index contributed by atoms with van der Waals surface area (Å²) in [7, 11) is 0. The van der Waals surface area contributed by atoms with Gasteiger partial charge in [0.1, 0.15) is 17.4 Å². The lowest BCUT2D eigenvalue weighted by Gasteiger charge is -2.13. The van der Waals surface area contributed by atoms with Crippen LogP contribution in [-0.4, -0.2) is 25.6 Å². The van der Waals surface area contributed by atoms with E-state index in [2.05, 4.69) is 15.4 Å². The van der Waals surface area contributed by atoms with Crippen LogP contribution in [0.4, 0.5) is 11.4 Å². The quantitative estimate of drug-likeness (QED) is 0.685. The summed E-state index contributed by atoms with van der Waals surface area (Å²) in [6, 6.07) is 2.66. The van der Waals surface area contributed by atoms with E-state index in [1.807, 2.05) is 0 Å². The second kappa shape index (κ2) is 5.70. The van der Waals surface area contributed by atoms with Gasteiger partial charge in [-0.3, -0.25) is 24.6 Å². The fourth-order valence-electron chi connectivity index (χ4n) is 2.09. The van der Waals surface area contributed by atoms with Gasteiger partial charge in [0.15, 0.2) is 0 Å². The first-order chi connectivity index (χ1) is 9.91. The molecule has 0 bridgehead atoms. The normalized spacial score (nSPS) is 12.0. The Labute approximate surface area is 121 Å². The van der Waals surface area contributed by atoms with Crippen molar-refractivity contribution in [1.29, 1.82) is 0 Å². The maximum Gasteiger partial charge on any atom is 0.312 e. The molecule has 2 aromatic heterocycles.